The fourth-order valence-corrected chi connectivity index (χ4v) is 1.25. The topological polar surface area (TPSA) is 61.3 Å². The van der Waals surface area contributed by atoms with E-state index in [0.29, 0.717) is 6.61 Å². The third kappa shape index (κ3) is 2.10. The average Bonchev–Trinajstić information content (AvgIpc) is 2.73. The molecule has 15 heavy (non-hydrogen) atoms. The minimum absolute atomic E-state index is 0.438. The summed E-state index contributed by atoms with van der Waals surface area (Å²) in [6.45, 7) is 2.37. The normalized spacial score (nSPS) is 10.2. The second kappa shape index (κ2) is 4.04. The van der Waals surface area contributed by atoms with E-state index in [9.17, 15) is 0 Å². The van der Waals surface area contributed by atoms with Gasteiger partial charge in [0.15, 0.2) is 0 Å². The van der Waals surface area contributed by atoms with Crippen molar-refractivity contribution >= 4 is 5.69 Å². The van der Waals surface area contributed by atoms with Crippen LogP contribution in [0.1, 0.15) is 11.1 Å². The lowest BCUT2D eigenvalue weighted by atomic mass is 10.2. The van der Waals surface area contributed by atoms with Gasteiger partial charge in [0.05, 0.1) is 6.20 Å². The summed E-state index contributed by atoms with van der Waals surface area (Å²) in [6, 6.07) is 5.60. The average molecular weight is 204 g/mol. The molecule has 0 atom stereocenters. The minimum atomic E-state index is 0.438. The van der Waals surface area contributed by atoms with Crippen LogP contribution in [0.15, 0.2) is 35.2 Å². The van der Waals surface area contributed by atoms with Gasteiger partial charge in [-0.25, -0.2) is 0 Å². The Hall–Kier alpha value is -1.97. The number of nitrogens with two attached hydrogens (primary N) is 1. The highest BCUT2D eigenvalue weighted by molar-refractivity contribution is 5.53. The Morgan fingerprint density at radius 2 is 2.33 bits per heavy atom. The second-order valence-electron chi connectivity index (χ2n) is 3.29. The summed E-state index contributed by atoms with van der Waals surface area (Å²) in [5.41, 5.74) is 8.35. The minimum Gasteiger partial charge on any atom is -0.488 e. The van der Waals surface area contributed by atoms with Crippen molar-refractivity contribution in [1.82, 2.24) is 5.16 Å². The van der Waals surface area contributed by atoms with Gasteiger partial charge in [-0.2, -0.15) is 0 Å². The van der Waals surface area contributed by atoms with E-state index >= 15 is 0 Å². The van der Waals surface area contributed by atoms with Crippen LogP contribution in [0.4, 0.5) is 5.69 Å². The van der Waals surface area contributed by atoms with Crippen LogP contribution >= 0.6 is 0 Å². The molecule has 4 nitrogen and oxygen atoms in total. The monoisotopic (exact) mass is 204 g/mol. The summed E-state index contributed by atoms with van der Waals surface area (Å²) >= 11 is 0. The van der Waals surface area contributed by atoms with Gasteiger partial charge < -0.3 is 15.0 Å². The molecule has 0 spiro atoms. The molecular formula is C11H12N2O2. The molecule has 1 aromatic carbocycles. The van der Waals surface area contributed by atoms with Gasteiger partial charge >= 0.3 is 0 Å². The van der Waals surface area contributed by atoms with Gasteiger partial charge in [-0.3, -0.25) is 0 Å². The Morgan fingerprint density at radius 1 is 1.47 bits per heavy atom. The molecule has 2 aromatic rings. The van der Waals surface area contributed by atoms with Crippen LogP contribution < -0.4 is 10.5 Å². The van der Waals surface area contributed by atoms with Gasteiger partial charge in [0.25, 0.3) is 0 Å². The van der Waals surface area contributed by atoms with Crippen molar-refractivity contribution in [1.29, 1.82) is 0 Å². The molecule has 0 aliphatic carbocycles. The Labute approximate surface area is 87.6 Å². The predicted molar refractivity (Wildman–Crippen MR) is 56.4 cm³/mol. The van der Waals surface area contributed by atoms with Crippen LogP contribution in [0.25, 0.3) is 0 Å². The van der Waals surface area contributed by atoms with Crippen LogP contribution in [0, 0.1) is 6.92 Å². The summed E-state index contributed by atoms with van der Waals surface area (Å²) in [7, 11) is 0. The lowest BCUT2D eigenvalue weighted by Gasteiger charge is -2.09. The fraction of sp³-hybridized carbons (Fsp3) is 0.182. The van der Waals surface area contributed by atoms with Gasteiger partial charge in [0, 0.05) is 16.8 Å². The zero-order valence-corrected chi connectivity index (χ0v) is 8.43. The number of hydrogen-bond donors (Lipinski definition) is 1. The summed E-state index contributed by atoms with van der Waals surface area (Å²) in [5, 5.41) is 3.59. The molecule has 2 rings (SSSR count). The largest absolute Gasteiger partial charge is 0.488 e. The van der Waals surface area contributed by atoms with Gasteiger partial charge in [-0.15, -0.1) is 0 Å². The SMILES string of the molecule is Cc1c(N)cccc1OCc1cnoc1. The molecule has 2 N–H and O–H groups in total. The highest BCUT2D eigenvalue weighted by atomic mass is 16.5. The molecule has 1 aromatic heterocycles. The van der Waals surface area contributed by atoms with E-state index in [4.69, 9.17) is 15.0 Å². The Kier molecular flexibility index (Phi) is 2.58. The van der Waals surface area contributed by atoms with E-state index in [-0.39, 0.29) is 0 Å². The van der Waals surface area contributed by atoms with Crippen LogP contribution in [0.5, 0.6) is 5.75 Å². The van der Waals surface area contributed by atoms with Gasteiger partial charge in [-0.1, -0.05) is 11.2 Å². The van der Waals surface area contributed by atoms with Crippen molar-refractivity contribution in [3.63, 3.8) is 0 Å². The molecule has 0 aliphatic rings. The van der Waals surface area contributed by atoms with E-state index in [1.807, 2.05) is 25.1 Å². The van der Waals surface area contributed by atoms with Gasteiger partial charge in [0.1, 0.15) is 18.6 Å². The molecule has 0 amide bonds. The van der Waals surface area contributed by atoms with E-state index in [0.717, 1.165) is 22.6 Å². The summed E-state index contributed by atoms with van der Waals surface area (Å²) in [5.74, 6) is 0.788. The maximum Gasteiger partial charge on any atom is 0.130 e. The molecule has 0 radical (unpaired) electrons. The zero-order chi connectivity index (χ0) is 10.7. The number of rotatable bonds is 3. The summed E-state index contributed by atoms with van der Waals surface area (Å²) in [4.78, 5) is 0. The first kappa shape index (κ1) is 9.58. The maximum absolute atomic E-state index is 5.76. The van der Waals surface area contributed by atoms with Crippen LogP contribution in [0.2, 0.25) is 0 Å². The second-order valence-corrected chi connectivity index (χ2v) is 3.29. The Balaban J connectivity index is 2.08. The quantitative estimate of drug-likeness (QED) is 0.778. The lowest BCUT2D eigenvalue weighted by Crippen LogP contribution is -1.98. The number of benzene rings is 1. The first-order valence-corrected chi connectivity index (χ1v) is 4.63. The van der Waals surface area contributed by atoms with Crippen LogP contribution in [0.3, 0.4) is 0 Å². The fourth-order valence-electron chi connectivity index (χ4n) is 1.25. The summed E-state index contributed by atoms with van der Waals surface area (Å²) in [6.07, 6.45) is 3.18. The summed E-state index contributed by atoms with van der Waals surface area (Å²) < 4.78 is 10.3. The molecule has 0 saturated heterocycles. The number of nitrogen functional groups attached to an aromatic ring is 1. The van der Waals surface area contributed by atoms with E-state index in [1.54, 1.807) is 12.5 Å². The molecule has 0 bridgehead atoms. The van der Waals surface area contributed by atoms with E-state index in [1.165, 1.54) is 0 Å². The van der Waals surface area contributed by atoms with Crippen molar-refractivity contribution in [2.75, 3.05) is 5.73 Å². The molecule has 1 heterocycles. The molecule has 0 unspecified atom stereocenters. The van der Waals surface area contributed by atoms with E-state index in [2.05, 4.69) is 5.16 Å². The standard InChI is InChI=1S/C11H12N2O2/c1-8-10(12)3-2-4-11(8)14-6-9-5-13-15-7-9/h2-5,7H,6,12H2,1H3. The first-order valence-electron chi connectivity index (χ1n) is 4.63. The van der Waals surface area contributed by atoms with Crippen molar-refractivity contribution in [3.8, 4) is 5.75 Å². The maximum atomic E-state index is 5.76. The third-order valence-electron chi connectivity index (χ3n) is 2.20. The molecule has 4 heteroatoms. The Morgan fingerprint density at radius 3 is 3.07 bits per heavy atom. The van der Waals surface area contributed by atoms with Gasteiger partial charge in [-0.05, 0) is 19.1 Å². The van der Waals surface area contributed by atoms with Crippen LogP contribution in [-0.4, -0.2) is 5.16 Å². The van der Waals surface area contributed by atoms with Crippen LogP contribution in [-0.2, 0) is 6.61 Å². The number of ether oxygens (including phenoxy) is 1. The highest BCUT2D eigenvalue weighted by Gasteiger charge is 2.03. The molecular weight excluding hydrogens is 192 g/mol. The van der Waals surface area contributed by atoms with E-state index < -0.39 is 0 Å². The molecule has 0 saturated carbocycles. The van der Waals surface area contributed by atoms with Crippen molar-refractivity contribution in [2.24, 2.45) is 0 Å². The van der Waals surface area contributed by atoms with Crippen molar-refractivity contribution in [2.45, 2.75) is 13.5 Å². The third-order valence-corrected chi connectivity index (χ3v) is 2.20. The number of hydrogen-bond acceptors (Lipinski definition) is 4. The molecule has 78 valence electrons. The number of anilines is 1. The van der Waals surface area contributed by atoms with Crippen molar-refractivity contribution < 1.29 is 9.26 Å². The number of nitrogens with zero attached hydrogens (tertiary/aromatic N) is 1. The molecule has 0 fully saturated rings. The lowest BCUT2D eigenvalue weighted by molar-refractivity contribution is 0.302. The molecule has 0 aliphatic heterocycles. The smallest absolute Gasteiger partial charge is 0.130 e. The van der Waals surface area contributed by atoms with Gasteiger partial charge in [0.2, 0.25) is 0 Å². The predicted octanol–water partition coefficient (Wildman–Crippen LogP) is 2.14. The number of aromatic nitrogens is 1. The Bertz CT molecular complexity index is 438. The highest BCUT2D eigenvalue weighted by Crippen LogP contribution is 2.23. The van der Waals surface area contributed by atoms with Crippen molar-refractivity contribution in [3.05, 3.63) is 41.8 Å². The zero-order valence-electron chi connectivity index (χ0n) is 8.43. The first-order chi connectivity index (χ1) is 7.27.